The summed E-state index contributed by atoms with van der Waals surface area (Å²) in [5, 5.41) is 0. The second-order valence-electron chi connectivity index (χ2n) is 4.07. The lowest BCUT2D eigenvalue weighted by Crippen LogP contribution is -2.28. The third-order valence-electron chi connectivity index (χ3n) is 3.38. The molecule has 1 radical (unpaired) electrons. The van der Waals surface area contributed by atoms with Crippen LogP contribution in [-0.2, 0) is 4.74 Å². The summed E-state index contributed by atoms with van der Waals surface area (Å²) in [5.74, 6) is 2.50. The second-order valence-corrected chi connectivity index (χ2v) is 4.07. The van der Waals surface area contributed by atoms with Gasteiger partial charge in [-0.05, 0) is 37.0 Å². The Morgan fingerprint density at radius 2 is 2.09 bits per heavy atom. The molecule has 63 valence electrons. The molecule has 0 N–H and O–H groups in total. The molecule has 0 bridgehead atoms. The maximum absolute atomic E-state index is 5.35. The highest BCUT2D eigenvalue weighted by molar-refractivity contribution is 4.93. The summed E-state index contributed by atoms with van der Waals surface area (Å²) in [5.41, 5.74) is 0. The highest BCUT2D eigenvalue weighted by Crippen LogP contribution is 2.40. The highest BCUT2D eigenvalue weighted by Gasteiger charge is 2.39. The molecule has 0 amide bonds. The third-order valence-corrected chi connectivity index (χ3v) is 3.38. The van der Waals surface area contributed by atoms with Crippen LogP contribution < -0.4 is 0 Å². The van der Waals surface area contributed by atoms with Crippen LogP contribution in [0.3, 0.4) is 0 Å². The Morgan fingerprint density at radius 3 is 2.73 bits per heavy atom. The van der Waals surface area contributed by atoms with Gasteiger partial charge in [0, 0.05) is 0 Å². The van der Waals surface area contributed by atoms with Crippen molar-refractivity contribution >= 4 is 0 Å². The highest BCUT2D eigenvalue weighted by atomic mass is 16.6. The van der Waals surface area contributed by atoms with Crippen molar-refractivity contribution in [3.05, 3.63) is 6.42 Å². The average Bonchev–Trinajstić information content (AvgIpc) is 2.77. The minimum Gasteiger partial charge on any atom is -0.373 e. The van der Waals surface area contributed by atoms with Gasteiger partial charge >= 0.3 is 0 Å². The topological polar surface area (TPSA) is 12.5 Å². The normalized spacial score (nSPS) is 50.7. The zero-order valence-corrected chi connectivity index (χ0v) is 7.42. The van der Waals surface area contributed by atoms with Crippen LogP contribution in [0.15, 0.2) is 0 Å². The van der Waals surface area contributed by atoms with E-state index in [0.29, 0.717) is 6.10 Å². The van der Waals surface area contributed by atoms with Crippen LogP contribution >= 0.6 is 0 Å². The molecule has 11 heavy (non-hydrogen) atoms. The molecular weight excluding hydrogens is 136 g/mol. The fourth-order valence-electron chi connectivity index (χ4n) is 2.25. The van der Waals surface area contributed by atoms with Gasteiger partial charge in [0.25, 0.3) is 0 Å². The predicted octanol–water partition coefficient (Wildman–Crippen LogP) is 2.27. The largest absolute Gasteiger partial charge is 0.373 e. The van der Waals surface area contributed by atoms with E-state index in [1.54, 1.807) is 0 Å². The Bertz CT molecular complexity index is 140. The Balaban J connectivity index is 1.95. The number of rotatable bonds is 1. The van der Waals surface area contributed by atoms with Gasteiger partial charge in [-0.3, -0.25) is 0 Å². The molecule has 1 heteroatoms. The summed E-state index contributed by atoms with van der Waals surface area (Å²) in [6.45, 7) is 5.73. The lowest BCUT2D eigenvalue weighted by atomic mass is 9.72. The molecule has 2 aliphatic rings. The molecule has 2 fully saturated rings. The fourth-order valence-corrected chi connectivity index (χ4v) is 2.25. The van der Waals surface area contributed by atoms with Gasteiger partial charge in [0.15, 0.2) is 0 Å². The second kappa shape index (κ2) is 2.78. The van der Waals surface area contributed by atoms with Gasteiger partial charge in [-0.15, -0.1) is 0 Å². The first-order valence-electron chi connectivity index (χ1n) is 4.74. The number of hydrogen-bond acceptors (Lipinski definition) is 1. The van der Waals surface area contributed by atoms with Crippen molar-refractivity contribution in [1.82, 2.24) is 0 Å². The molecule has 2 rings (SSSR count). The SMILES string of the molecule is CC1[CH]CCC(C2CO2)C1C. The third kappa shape index (κ3) is 1.44. The molecule has 4 atom stereocenters. The van der Waals surface area contributed by atoms with E-state index < -0.39 is 0 Å². The fraction of sp³-hybridized carbons (Fsp3) is 0.900. The van der Waals surface area contributed by atoms with Gasteiger partial charge in [0.2, 0.25) is 0 Å². The molecule has 0 aromatic carbocycles. The summed E-state index contributed by atoms with van der Waals surface area (Å²) in [6.07, 6.45) is 5.75. The monoisotopic (exact) mass is 153 g/mol. The molecule has 0 aromatic rings. The zero-order chi connectivity index (χ0) is 7.84. The van der Waals surface area contributed by atoms with Crippen molar-refractivity contribution in [2.45, 2.75) is 32.8 Å². The summed E-state index contributed by atoms with van der Waals surface area (Å²) < 4.78 is 5.35. The first kappa shape index (κ1) is 7.60. The van der Waals surface area contributed by atoms with Gasteiger partial charge in [-0.25, -0.2) is 0 Å². The molecular formula is C10H17O. The zero-order valence-electron chi connectivity index (χ0n) is 7.42. The van der Waals surface area contributed by atoms with Gasteiger partial charge in [0.1, 0.15) is 0 Å². The molecule has 1 nitrogen and oxygen atoms in total. The standard InChI is InChI=1S/C10H17O/c1-7-4-3-5-9(8(7)2)10-6-11-10/h4,7-10H,3,5-6H2,1-2H3. The lowest BCUT2D eigenvalue weighted by Gasteiger charge is -2.32. The van der Waals surface area contributed by atoms with E-state index in [1.165, 1.54) is 12.8 Å². The first-order chi connectivity index (χ1) is 5.29. The van der Waals surface area contributed by atoms with Gasteiger partial charge in [-0.2, -0.15) is 0 Å². The van der Waals surface area contributed by atoms with Crippen LogP contribution in [0, 0.1) is 24.2 Å². The molecule has 4 unspecified atom stereocenters. The molecule has 0 spiro atoms. The van der Waals surface area contributed by atoms with Crippen molar-refractivity contribution < 1.29 is 4.74 Å². The van der Waals surface area contributed by atoms with E-state index in [4.69, 9.17) is 4.74 Å². The van der Waals surface area contributed by atoms with Crippen LogP contribution in [0.2, 0.25) is 0 Å². The summed E-state index contributed by atoms with van der Waals surface area (Å²) >= 11 is 0. The molecule has 1 heterocycles. The van der Waals surface area contributed by atoms with Crippen LogP contribution in [-0.4, -0.2) is 12.7 Å². The maximum Gasteiger partial charge on any atom is 0.0840 e. The van der Waals surface area contributed by atoms with E-state index in [1.807, 2.05) is 0 Å². The first-order valence-corrected chi connectivity index (χ1v) is 4.74. The summed E-state index contributed by atoms with van der Waals surface area (Å²) in [7, 11) is 0. The Hall–Kier alpha value is -0.0400. The van der Waals surface area contributed by atoms with Gasteiger partial charge in [-0.1, -0.05) is 13.8 Å². The maximum atomic E-state index is 5.35. The molecule has 1 aliphatic heterocycles. The van der Waals surface area contributed by atoms with Crippen LogP contribution in [0.4, 0.5) is 0 Å². The smallest absolute Gasteiger partial charge is 0.0840 e. The van der Waals surface area contributed by atoms with Crippen LogP contribution in [0.1, 0.15) is 26.7 Å². The van der Waals surface area contributed by atoms with Crippen molar-refractivity contribution in [2.75, 3.05) is 6.61 Å². The van der Waals surface area contributed by atoms with Crippen molar-refractivity contribution in [1.29, 1.82) is 0 Å². The summed E-state index contributed by atoms with van der Waals surface area (Å²) in [6, 6.07) is 0. The van der Waals surface area contributed by atoms with Crippen LogP contribution in [0.5, 0.6) is 0 Å². The van der Waals surface area contributed by atoms with E-state index >= 15 is 0 Å². The minimum absolute atomic E-state index is 0.626. The molecule has 1 saturated carbocycles. The van der Waals surface area contributed by atoms with E-state index in [-0.39, 0.29) is 0 Å². The average molecular weight is 153 g/mol. The predicted molar refractivity (Wildman–Crippen MR) is 45.1 cm³/mol. The Kier molecular flexibility index (Phi) is 1.92. The quantitative estimate of drug-likeness (QED) is 0.526. The van der Waals surface area contributed by atoms with E-state index in [2.05, 4.69) is 20.3 Å². The Labute approximate surface area is 69.1 Å². The Morgan fingerprint density at radius 1 is 1.36 bits per heavy atom. The summed E-state index contributed by atoms with van der Waals surface area (Å²) in [4.78, 5) is 0. The van der Waals surface area contributed by atoms with E-state index in [0.717, 1.165) is 24.4 Å². The number of hydrogen-bond donors (Lipinski definition) is 0. The molecule has 1 saturated heterocycles. The van der Waals surface area contributed by atoms with Crippen molar-refractivity contribution in [2.24, 2.45) is 17.8 Å². The van der Waals surface area contributed by atoms with Crippen LogP contribution in [0.25, 0.3) is 0 Å². The molecule has 0 aromatic heterocycles. The van der Waals surface area contributed by atoms with Gasteiger partial charge < -0.3 is 4.74 Å². The van der Waals surface area contributed by atoms with Crippen molar-refractivity contribution in [3.63, 3.8) is 0 Å². The minimum atomic E-state index is 0.626. The number of ether oxygens (including phenoxy) is 1. The van der Waals surface area contributed by atoms with Gasteiger partial charge in [0.05, 0.1) is 12.7 Å². The number of epoxide rings is 1. The lowest BCUT2D eigenvalue weighted by molar-refractivity contribution is 0.180. The molecule has 1 aliphatic carbocycles. The van der Waals surface area contributed by atoms with Crippen molar-refractivity contribution in [3.8, 4) is 0 Å². The van der Waals surface area contributed by atoms with E-state index in [9.17, 15) is 0 Å².